The third kappa shape index (κ3) is 4.26. The second-order valence-electron chi connectivity index (χ2n) is 14.1. The van der Waals surface area contributed by atoms with Gasteiger partial charge >= 0.3 is 0 Å². The highest BCUT2D eigenvalue weighted by molar-refractivity contribution is 7.26. The van der Waals surface area contributed by atoms with Gasteiger partial charge in [-0.3, -0.25) is 0 Å². The van der Waals surface area contributed by atoms with Crippen LogP contribution in [0.15, 0.2) is 180 Å². The van der Waals surface area contributed by atoms with E-state index in [0.29, 0.717) is 0 Å². The molecular formula is C50H29NOS. The van der Waals surface area contributed by atoms with Gasteiger partial charge in [0.2, 0.25) is 0 Å². The van der Waals surface area contributed by atoms with Gasteiger partial charge in [-0.2, -0.15) is 0 Å². The van der Waals surface area contributed by atoms with E-state index >= 15 is 0 Å². The SMILES string of the molecule is c1ccc2c(-c3ccc4oc5ccc(-c6ccc7c(c6)c6ccccc6n7-c6ccc7ccc8sc9ccccc9c8c7c6)cc5c4c3)cccc2c1. The molecule has 0 N–H and O–H groups in total. The van der Waals surface area contributed by atoms with Crippen molar-refractivity contribution in [2.24, 2.45) is 0 Å². The van der Waals surface area contributed by atoms with Gasteiger partial charge in [-0.1, -0.05) is 109 Å². The molecule has 0 aliphatic heterocycles. The highest BCUT2D eigenvalue weighted by Crippen LogP contribution is 2.42. The van der Waals surface area contributed by atoms with Gasteiger partial charge < -0.3 is 8.98 Å². The Balaban J connectivity index is 1.02. The quantitative estimate of drug-likeness (QED) is 0.180. The highest BCUT2D eigenvalue weighted by Gasteiger charge is 2.17. The number of rotatable bonds is 3. The lowest BCUT2D eigenvalue weighted by Crippen LogP contribution is -1.94. The van der Waals surface area contributed by atoms with E-state index in [1.807, 2.05) is 11.3 Å². The molecule has 0 unspecified atom stereocenters. The number of benzene rings is 9. The lowest BCUT2D eigenvalue weighted by Gasteiger charge is -2.11. The van der Waals surface area contributed by atoms with Crippen LogP contribution in [0.25, 0.3) is 113 Å². The van der Waals surface area contributed by atoms with Crippen molar-refractivity contribution in [1.82, 2.24) is 4.57 Å². The molecule has 0 spiro atoms. The fourth-order valence-electron chi connectivity index (χ4n) is 8.70. The molecule has 53 heavy (non-hydrogen) atoms. The van der Waals surface area contributed by atoms with Crippen LogP contribution in [0.3, 0.4) is 0 Å². The average molecular weight is 692 g/mol. The monoisotopic (exact) mass is 691 g/mol. The Morgan fingerprint density at radius 3 is 1.91 bits per heavy atom. The van der Waals surface area contributed by atoms with Crippen LogP contribution in [0.4, 0.5) is 0 Å². The van der Waals surface area contributed by atoms with E-state index in [0.717, 1.165) is 21.9 Å². The normalized spacial score (nSPS) is 12.2. The largest absolute Gasteiger partial charge is 0.456 e. The molecule has 0 aliphatic rings. The van der Waals surface area contributed by atoms with Crippen molar-refractivity contribution in [2.45, 2.75) is 0 Å². The minimum absolute atomic E-state index is 0.903. The van der Waals surface area contributed by atoms with Gasteiger partial charge in [0, 0.05) is 47.4 Å². The Hall–Kier alpha value is -6.68. The van der Waals surface area contributed by atoms with Gasteiger partial charge in [0.05, 0.1) is 11.0 Å². The number of nitrogens with zero attached hydrogens (tertiary/aromatic N) is 1. The molecular weight excluding hydrogens is 663 g/mol. The van der Waals surface area contributed by atoms with Gasteiger partial charge in [0.1, 0.15) is 11.2 Å². The molecule has 0 aliphatic carbocycles. The minimum atomic E-state index is 0.903. The van der Waals surface area contributed by atoms with E-state index in [9.17, 15) is 0 Å². The standard InChI is InChI=1S/C50H29NOS/c1-2-10-36-30(8-1)9-7-13-37(36)34-19-24-47-43(28-34)42-27-33(18-23-46(42)52-47)32-17-22-45-41(26-32)38-11-3-5-14-44(38)51(45)35-21-16-31-20-25-49-50(40(31)29-35)39-12-4-6-15-48(39)53-49/h1-29H. The van der Waals surface area contributed by atoms with Crippen molar-refractivity contribution in [3.05, 3.63) is 176 Å². The topological polar surface area (TPSA) is 18.1 Å². The summed E-state index contributed by atoms with van der Waals surface area (Å²) >= 11 is 1.87. The fourth-order valence-corrected chi connectivity index (χ4v) is 9.82. The summed E-state index contributed by atoms with van der Waals surface area (Å²) in [4.78, 5) is 0. The van der Waals surface area contributed by atoms with Crippen LogP contribution in [0, 0.1) is 0 Å². The Labute approximate surface area is 308 Å². The molecule has 0 atom stereocenters. The summed E-state index contributed by atoms with van der Waals surface area (Å²) in [5.74, 6) is 0. The molecule has 0 saturated heterocycles. The first kappa shape index (κ1) is 29.0. The smallest absolute Gasteiger partial charge is 0.135 e. The summed E-state index contributed by atoms with van der Waals surface area (Å²) in [6.07, 6.45) is 0. The van der Waals surface area contributed by atoms with Gasteiger partial charge in [0.25, 0.3) is 0 Å². The lowest BCUT2D eigenvalue weighted by atomic mass is 9.96. The number of fused-ring (bicyclic) bond motifs is 12. The van der Waals surface area contributed by atoms with Gasteiger partial charge in [-0.15, -0.1) is 11.3 Å². The number of hydrogen-bond acceptors (Lipinski definition) is 2. The molecule has 0 amide bonds. The van der Waals surface area contributed by atoms with E-state index in [2.05, 4.69) is 180 Å². The first-order chi connectivity index (χ1) is 26.2. The molecule has 0 saturated carbocycles. The molecule has 0 bridgehead atoms. The minimum Gasteiger partial charge on any atom is -0.456 e. The van der Waals surface area contributed by atoms with Crippen molar-refractivity contribution >= 4 is 96.8 Å². The molecule has 0 radical (unpaired) electrons. The molecule has 12 rings (SSSR count). The maximum atomic E-state index is 6.37. The molecule has 12 aromatic rings. The predicted octanol–water partition coefficient (Wildman–Crippen LogP) is 14.7. The van der Waals surface area contributed by atoms with Crippen LogP contribution in [0.1, 0.15) is 0 Å². The van der Waals surface area contributed by atoms with Crippen molar-refractivity contribution in [3.63, 3.8) is 0 Å². The van der Waals surface area contributed by atoms with Gasteiger partial charge in [-0.05, 0) is 111 Å². The lowest BCUT2D eigenvalue weighted by molar-refractivity contribution is 0.669. The maximum Gasteiger partial charge on any atom is 0.135 e. The summed E-state index contributed by atoms with van der Waals surface area (Å²) in [5, 5.41) is 12.5. The highest BCUT2D eigenvalue weighted by atomic mass is 32.1. The van der Waals surface area contributed by atoms with Gasteiger partial charge in [0.15, 0.2) is 0 Å². The van der Waals surface area contributed by atoms with E-state index in [1.165, 1.54) is 91.5 Å². The molecule has 3 heteroatoms. The molecule has 246 valence electrons. The van der Waals surface area contributed by atoms with Crippen molar-refractivity contribution in [2.75, 3.05) is 0 Å². The average Bonchev–Trinajstić information content (AvgIpc) is 3.89. The van der Waals surface area contributed by atoms with Crippen LogP contribution >= 0.6 is 11.3 Å². The maximum absolute atomic E-state index is 6.37. The summed E-state index contributed by atoms with van der Waals surface area (Å²) in [5.41, 5.74) is 10.2. The number of aromatic nitrogens is 1. The summed E-state index contributed by atoms with van der Waals surface area (Å²) < 4.78 is 11.5. The first-order valence-corrected chi connectivity index (χ1v) is 18.9. The molecule has 3 aromatic heterocycles. The van der Waals surface area contributed by atoms with Crippen LogP contribution < -0.4 is 0 Å². The number of furan rings is 1. The van der Waals surface area contributed by atoms with E-state index < -0.39 is 0 Å². The molecule has 3 heterocycles. The Morgan fingerprint density at radius 1 is 0.377 bits per heavy atom. The van der Waals surface area contributed by atoms with E-state index in [1.54, 1.807) is 0 Å². The van der Waals surface area contributed by atoms with Crippen LogP contribution in [-0.4, -0.2) is 4.57 Å². The molecule has 2 nitrogen and oxygen atoms in total. The number of thiophene rings is 1. The zero-order chi connectivity index (χ0) is 34.6. The summed E-state index contributed by atoms with van der Waals surface area (Å²) in [6, 6.07) is 64.3. The summed E-state index contributed by atoms with van der Waals surface area (Å²) in [6.45, 7) is 0. The number of para-hydroxylation sites is 1. The second-order valence-corrected chi connectivity index (χ2v) is 15.2. The van der Waals surface area contributed by atoms with Crippen LogP contribution in [0.2, 0.25) is 0 Å². The fraction of sp³-hybridized carbons (Fsp3) is 0. The third-order valence-electron chi connectivity index (χ3n) is 11.2. The zero-order valence-corrected chi connectivity index (χ0v) is 29.3. The Kier molecular flexibility index (Phi) is 5.96. The second kappa shape index (κ2) is 10.9. The van der Waals surface area contributed by atoms with E-state index in [4.69, 9.17) is 4.42 Å². The Morgan fingerprint density at radius 2 is 1.02 bits per heavy atom. The van der Waals surface area contributed by atoms with Crippen molar-refractivity contribution < 1.29 is 4.42 Å². The predicted molar refractivity (Wildman–Crippen MR) is 227 cm³/mol. The van der Waals surface area contributed by atoms with Crippen molar-refractivity contribution in [1.29, 1.82) is 0 Å². The van der Waals surface area contributed by atoms with Gasteiger partial charge in [-0.25, -0.2) is 0 Å². The third-order valence-corrected chi connectivity index (χ3v) is 12.3. The van der Waals surface area contributed by atoms with E-state index in [-0.39, 0.29) is 0 Å². The number of hydrogen-bond donors (Lipinski definition) is 0. The van der Waals surface area contributed by atoms with Crippen LogP contribution in [0.5, 0.6) is 0 Å². The molecule has 0 fully saturated rings. The first-order valence-electron chi connectivity index (χ1n) is 18.1. The Bertz CT molecular complexity index is 3460. The van der Waals surface area contributed by atoms with Crippen molar-refractivity contribution in [3.8, 4) is 27.9 Å². The summed E-state index contributed by atoms with van der Waals surface area (Å²) in [7, 11) is 0. The van der Waals surface area contributed by atoms with Crippen LogP contribution in [-0.2, 0) is 0 Å². The zero-order valence-electron chi connectivity index (χ0n) is 28.5. The molecule has 9 aromatic carbocycles.